The van der Waals surface area contributed by atoms with Gasteiger partial charge in [0.1, 0.15) is 5.75 Å². The maximum Gasteiger partial charge on any atom is 0.343 e. The lowest BCUT2D eigenvalue weighted by Gasteiger charge is -2.25. The number of aryl methyl sites for hydroxylation is 1. The van der Waals surface area contributed by atoms with Gasteiger partial charge in [0.2, 0.25) is 0 Å². The molecule has 2 aromatic rings. The number of hydrogen-bond donors (Lipinski definition) is 2. The average Bonchev–Trinajstić information content (AvgIpc) is 2.56. The molecule has 122 valence electrons. The van der Waals surface area contributed by atoms with Crippen molar-refractivity contribution in [3.05, 3.63) is 59.7 Å². The lowest BCUT2D eigenvalue weighted by atomic mass is 10.1. The molecule has 0 aliphatic carbocycles. The number of ether oxygens (including phenoxy) is 1. The molecule has 0 aliphatic rings. The molecule has 0 radical (unpaired) electrons. The second-order valence-electron chi connectivity index (χ2n) is 5.14. The van der Waals surface area contributed by atoms with E-state index in [9.17, 15) is 4.79 Å². The van der Waals surface area contributed by atoms with Crippen molar-refractivity contribution in [1.82, 2.24) is 0 Å². The number of carbonyl (C=O) groups excluding carboxylic acids is 1. The van der Waals surface area contributed by atoms with E-state index in [1.54, 1.807) is 36.4 Å². The molecule has 5 heteroatoms. The van der Waals surface area contributed by atoms with E-state index in [1.165, 1.54) is 0 Å². The Balaban J connectivity index is 2.14. The number of carbonyl (C=O) groups is 1. The van der Waals surface area contributed by atoms with E-state index in [4.69, 9.17) is 14.9 Å². The zero-order valence-corrected chi connectivity index (χ0v) is 13.1. The van der Waals surface area contributed by atoms with Gasteiger partial charge in [-0.3, -0.25) is 0 Å². The van der Waals surface area contributed by atoms with Gasteiger partial charge in [-0.05, 0) is 42.8 Å². The predicted molar refractivity (Wildman–Crippen MR) is 89.0 cm³/mol. The fourth-order valence-electron chi connectivity index (χ4n) is 2.38. The van der Waals surface area contributed by atoms with Gasteiger partial charge < -0.3 is 19.8 Å². The molecule has 0 amide bonds. The third-order valence-electron chi connectivity index (χ3n) is 3.47. The molecular weight excluding hydrogens is 294 g/mol. The highest BCUT2D eigenvalue weighted by atomic mass is 16.5. The second-order valence-corrected chi connectivity index (χ2v) is 5.14. The summed E-state index contributed by atoms with van der Waals surface area (Å²) < 4.78 is 5.38. The number of aliphatic hydroxyl groups is 2. The molecule has 0 fully saturated rings. The minimum atomic E-state index is -0.402. The molecule has 0 spiro atoms. The first kappa shape index (κ1) is 17.0. The smallest absolute Gasteiger partial charge is 0.343 e. The van der Waals surface area contributed by atoms with Crippen LogP contribution in [0.4, 0.5) is 5.69 Å². The van der Waals surface area contributed by atoms with Gasteiger partial charge in [-0.25, -0.2) is 4.79 Å². The van der Waals surface area contributed by atoms with E-state index in [0.717, 1.165) is 11.3 Å². The topological polar surface area (TPSA) is 70.0 Å². The molecule has 0 saturated heterocycles. The van der Waals surface area contributed by atoms with Gasteiger partial charge in [0, 0.05) is 18.8 Å². The fourth-order valence-corrected chi connectivity index (χ4v) is 2.38. The molecule has 2 rings (SSSR count). The highest BCUT2D eigenvalue weighted by Crippen LogP contribution is 2.25. The van der Waals surface area contributed by atoms with Crippen molar-refractivity contribution < 1.29 is 19.7 Å². The fraction of sp³-hybridized carbons (Fsp3) is 0.278. The molecule has 0 atom stereocenters. The number of aliphatic hydroxyl groups excluding tert-OH is 2. The van der Waals surface area contributed by atoms with Gasteiger partial charge in [-0.2, -0.15) is 0 Å². The Bertz CT molecular complexity index is 637. The van der Waals surface area contributed by atoms with E-state index in [-0.39, 0.29) is 13.2 Å². The van der Waals surface area contributed by atoms with Crippen LogP contribution in [0, 0.1) is 6.92 Å². The van der Waals surface area contributed by atoms with Crippen LogP contribution in [-0.2, 0) is 0 Å². The van der Waals surface area contributed by atoms with Crippen LogP contribution in [0.3, 0.4) is 0 Å². The Hall–Kier alpha value is -2.37. The number of nitrogens with zero attached hydrogens (tertiary/aromatic N) is 1. The summed E-state index contributed by atoms with van der Waals surface area (Å²) in [6.07, 6.45) is 0. The minimum absolute atomic E-state index is 0.00415. The summed E-state index contributed by atoms with van der Waals surface area (Å²) in [6, 6.07) is 14.1. The van der Waals surface area contributed by atoms with Crippen LogP contribution in [0.1, 0.15) is 15.9 Å². The summed E-state index contributed by atoms with van der Waals surface area (Å²) in [6.45, 7) is 2.78. The molecule has 0 aromatic heterocycles. The van der Waals surface area contributed by atoms with Crippen molar-refractivity contribution in [3.8, 4) is 5.75 Å². The van der Waals surface area contributed by atoms with Crippen LogP contribution in [0.5, 0.6) is 5.75 Å². The number of hydrogen-bond acceptors (Lipinski definition) is 5. The van der Waals surface area contributed by atoms with Gasteiger partial charge in [0.15, 0.2) is 0 Å². The van der Waals surface area contributed by atoms with Crippen molar-refractivity contribution >= 4 is 11.7 Å². The van der Waals surface area contributed by atoms with Gasteiger partial charge in [0.05, 0.1) is 18.8 Å². The minimum Gasteiger partial charge on any atom is -0.423 e. The maximum atomic E-state index is 12.1. The molecule has 0 heterocycles. The number of esters is 1. The molecule has 2 aromatic carbocycles. The monoisotopic (exact) mass is 315 g/mol. The molecule has 5 nitrogen and oxygen atoms in total. The molecular formula is C18H21NO4. The van der Waals surface area contributed by atoms with Gasteiger partial charge >= 0.3 is 5.97 Å². The van der Waals surface area contributed by atoms with Crippen LogP contribution in [-0.4, -0.2) is 42.5 Å². The zero-order chi connectivity index (χ0) is 16.7. The Morgan fingerprint density at radius 3 is 2.26 bits per heavy atom. The molecule has 0 saturated carbocycles. The Morgan fingerprint density at radius 2 is 1.70 bits per heavy atom. The molecule has 2 N–H and O–H groups in total. The van der Waals surface area contributed by atoms with Crippen LogP contribution >= 0.6 is 0 Å². The summed E-state index contributed by atoms with van der Waals surface area (Å²) in [5, 5.41) is 18.2. The van der Waals surface area contributed by atoms with Crippen LogP contribution < -0.4 is 9.64 Å². The summed E-state index contributed by atoms with van der Waals surface area (Å²) in [5.74, 6) is 0.0633. The van der Waals surface area contributed by atoms with Crippen molar-refractivity contribution in [2.75, 3.05) is 31.2 Å². The van der Waals surface area contributed by atoms with Gasteiger partial charge in [-0.1, -0.05) is 18.2 Å². The maximum absolute atomic E-state index is 12.1. The predicted octanol–water partition coefficient (Wildman–Crippen LogP) is 2.01. The van der Waals surface area contributed by atoms with E-state index in [2.05, 4.69) is 0 Å². The molecule has 0 bridgehead atoms. The van der Waals surface area contributed by atoms with Crippen LogP contribution in [0.15, 0.2) is 48.5 Å². The van der Waals surface area contributed by atoms with Gasteiger partial charge in [0.25, 0.3) is 0 Å². The van der Waals surface area contributed by atoms with Crippen molar-refractivity contribution in [1.29, 1.82) is 0 Å². The zero-order valence-electron chi connectivity index (χ0n) is 13.1. The lowest BCUT2D eigenvalue weighted by molar-refractivity contribution is 0.0734. The van der Waals surface area contributed by atoms with Crippen molar-refractivity contribution in [3.63, 3.8) is 0 Å². The molecule has 0 aliphatic heterocycles. The van der Waals surface area contributed by atoms with Crippen LogP contribution in [0.25, 0.3) is 0 Å². The third-order valence-corrected chi connectivity index (χ3v) is 3.47. The summed E-state index contributed by atoms with van der Waals surface area (Å²) in [4.78, 5) is 13.9. The summed E-state index contributed by atoms with van der Waals surface area (Å²) >= 11 is 0. The SMILES string of the molecule is Cc1cc(OC(=O)c2ccccc2)ccc1N(CCO)CCO. The van der Waals surface area contributed by atoms with E-state index in [0.29, 0.717) is 24.4 Å². The summed E-state index contributed by atoms with van der Waals surface area (Å²) in [5.41, 5.74) is 2.30. The Morgan fingerprint density at radius 1 is 1.04 bits per heavy atom. The van der Waals surface area contributed by atoms with Gasteiger partial charge in [-0.15, -0.1) is 0 Å². The standard InChI is InChI=1S/C18H21NO4/c1-14-13-16(23-18(22)15-5-3-2-4-6-15)7-8-17(14)19(9-11-20)10-12-21/h2-8,13,20-21H,9-12H2,1H3. The first-order valence-corrected chi connectivity index (χ1v) is 7.50. The Labute approximate surface area is 135 Å². The van der Waals surface area contributed by atoms with E-state index >= 15 is 0 Å². The van der Waals surface area contributed by atoms with Crippen LogP contribution in [0.2, 0.25) is 0 Å². The van der Waals surface area contributed by atoms with E-state index in [1.807, 2.05) is 24.0 Å². The normalized spacial score (nSPS) is 10.4. The first-order chi connectivity index (χ1) is 11.2. The second kappa shape index (κ2) is 8.31. The quantitative estimate of drug-likeness (QED) is 0.604. The van der Waals surface area contributed by atoms with Crippen molar-refractivity contribution in [2.24, 2.45) is 0 Å². The third kappa shape index (κ3) is 4.55. The molecule has 0 unspecified atom stereocenters. The highest BCUT2D eigenvalue weighted by molar-refractivity contribution is 5.91. The number of anilines is 1. The highest BCUT2D eigenvalue weighted by Gasteiger charge is 2.12. The van der Waals surface area contributed by atoms with E-state index < -0.39 is 5.97 Å². The van der Waals surface area contributed by atoms with Crippen molar-refractivity contribution in [2.45, 2.75) is 6.92 Å². The average molecular weight is 315 g/mol. The Kier molecular flexibility index (Phi) is 6.14. The largest absolute Gasteiger partial charge is 0.423 e. The number of benzene rings is 2. The number of rotatable bonds is 7. The molecule has 23 heavy (non-hydrogen) atoms. The lowest BCUT2D eigenvalue weighted by Crippen LogP contribution is -2.30. The first-order valence-electron chi connectivity index (χ1n) is 7.50. The summed E-state index contributed by atoms with van der Waals surface area (Å²) in [7, 11) is 0.